The Labute approximate surface area is 103 Å². The van der Waals surface area contributed by atoms with Crippen LogP contribution in [-0.2, 0) is 0 Å². The minimum absolute atomic E-state index is 0.245. The first kappa shape index (κ1) is 13.8. The number of nitrogens with two attached hydrogens (primary N) is 1. The smallest absolute Gasteiger partial charge is 0.316 e. The summed E-state index contributed by atoms with van der Waals surface area (Å²) in [5, 5.41) is 24.9. The van der Waals surface area contributed by atoms with Crippen LogP contribution in [0.3, 0.4) is 0 Å². The zero-order valence-electron chi connectivity index (χ0n) is 9.39. The number of benzene rings is 1. The van der Waals surface area contributed by atoms with Crippen LogP contribution in [-0.4, -0.2) is 28.9 Å². The van der Waals surface area contributed by atoms with Crippen molar-refractivity contribution in [2.24, 2.45) is 10.8 Å². The van der Waals surface area contributed by atoms with Crippen molar-refractivity contribution < 1.29 is 15.0 Å². The zero-order valence-corrected chi connectivity index (χ0v) is 9.39. The normalized spacial score (nSPS) is 13.2. The number of nitrogens with one attached hydrogen (secondary N) is 1. The molecule has 0 saturated carbocycles. The second-order valence-corrected chi connectivity index (χ2v) is 3.54. The number of hydrogen-bond acceptors (Lipinski definition) is 4. The molecule has 0 aliphatic carbocycles. The summed E-state index contributed by atoms with van der Waals surface area (Å²) in [7, 11) is 0. The van der Waals surface area contributed by atoms with Crippen LogP contribution in [0.15, 0.2) is 29.4 Å². The molecule has 5 N–H and O–H groups in total. The lowest BCUT2D eigenvalue weighted by atomic mass is 10.0. The molecular formula is C10H13N5O3. The molecule has 0 aliphatic heterocycles. The number of amides is 2. The predicted octanol–water partition coefficient (Wildman–Crippen LogP) is 0.882. The van der Waals surface area contributed by atoms with Crippen molar-refractivity contribution >= 4 is 11.7 Å². The molecule has 8 heteroatoms. The maximum atomic E-state index is 10.7. The van der Waals surface area contributed by atoms with Crippen molar-refractivity contribution in [1.29, 1.82) is 0 Å². The highest BCUT2D eigenvalue weighted by Crippen LogP contribution is 2.20. The number of rotatable bonds is 5. The average Bonchev–Trinajstić information content (AvgIpc) is 2.34. The second-order valence-electron chi connectivity index (χ2n) is 3.54. The minimum atomic E-state index is -1.22. The van der Waals surface area contributed by atoms with E-state index in [0.717, 1.165) is 0 Å². The number of aliphatic hydroxyl groups excluding tert-OH is 2. The molecule has 2 amide bonds. The quantitative estimate of drug-likeness (QED) is 0.350. The summed E-state index contributed by atoms with van der Waals surface area (Å²) < 4.78 is 0. The zero-order chi connectivity index (χ0) is 13.5. The van der Waals surface area contributed by atoms with E-state index < -0.39 is 18.2 Å². The largest absolute Gasteiger partial charge is 0.390 e. The summed E-state index contributed by atoms with van der Waals surface area (Å²) in [4.78, 5) is 13.2. The maximum absolute atomic E-state index is 10.7. The molecule has 0 aromatic heterocycles. The Balaban J connectivity index is 2.81. The molecule has 0 spiro atoms. The summed E-state index contributed by atoms with van der Waals surface area (Å²) in [5.41, 5.74) is 13.8. The van der Waals surface area contributed by atoms with Crippen LogP contribution < -0.4 is 11.1 Å². The molecule has 0 saturated heterocycles. The van der Waals surface area contributed by atoms with E-state index in [-0.39, 0.29) is 6.54 Å². The molecule has 0 aliphatic rings. The van der Waals surface area contributed by atoms with E-state index in [1.807, 2.05) is 0 Å². The first-order valence-corrected chi connectivity index (χ1v) is 5.08. The first-order chi connectivity index (χ1) is 8.54. The molecule has 8 nitrogen and oxygen atoms in total. The molecule has 0 heterocycles. The molecule has 0 fully saturated rings. The van der Waals surface area contributed by atoms with Gasteiger partial charge in [0.25, 0.3) is 0 Å². The molecule has 0 radical (unpaired) electrons. The van der Waals surface area contributed by atoms with Gasteiger partial charge in [-0.3, -0.25) is 0 Å². The lowest BCUT2D eigenvalue weighted by Gasteiger charge is -2.17. The Kier molecular flexibility index (Phi) is 4.94. The number of primary amides is 1. The van der Waals surface area contributed by atoms with Crippen molar-refractivity contribution in [3.63, 3.8) is 0 Å². The van der Waals surface area contributed by atoms with Crippen molar-refractivity contribution in [3.8, 4) is 0 Å². The van der Waals surface area contributed by atoms with Gasteiger partial charge in [0.1, 0.15) is 6.10 Å². The van der Waals surface area contributed by atoms with Gasteiger partial charge in [0, 0.05) is 10.6 Å². The Hall–Kier alpha value is -2.28. The van der Waals surface area contributed by atoms with Gasteiger partial charge in [-0.15, -0.1) is 0 Å². The SMILES string of the molecule is [N-]=[N+]=NCC(O)C(O)c1cccc(NC(N)=O)c1. The predicted molar refractivity (Wildman–Crippen MR) is 64.6 cm³/mol. The van der Waals surface area contributed by atoms with Crippen LogP contribution in [0.25, 0.3) is 10.4 Å². The van der Waals surface area contributed by atoms with Crippen LogP contribution >= 0.6 is 0 Å². The van der Waals surface area contributed by atoms with Gasteiger partial charge in [0.15, 0.2) is 0 Å². The van der Waals surface area contributed by atoms with E-state index in [0.29, 0.717) is 11.3 Å². The maximum Gasteiger partial charge on any atom is 0.316 e. The number of azide groups is 1. The van der Waals surface area contributed by atoms with E-state index in [2.05, 4.69) is 15.3 Å². The number of carbonyl (C=O) groups is 1. The van der Waals surface area contributed by atoms with Crippen molar-refractivity contribution in [3.05, 3.63) is 40.3 Å². The van der Waals surface area contributed by atoms with Crippen LogP contribution in [0.1, 0.15) is 11.7 Å². The average molecular weight is 251 g/mol. The minimum Gasteiger partial charge on any atom is -0.390 e. The number of carbonyl (C=O) groups excluding carboxylic acids is 1. The lowest BCUT2D eigenvalue weighted by Crippen LogP contribution is -2.22. The van der Waals surface area contributed by atoms with Gasteiger partial charge < -0.3 is 21.3 Å². The van der Waals surface area contributed by atoms with E-state index in [4.69, 9.17) is 11.3 Å². The summed E-state index contributed by atoms with van der Waals surface area (Å²) in [6, 6.07) is 5.48. The number of aliphatic hydroxyl groups is 2. The fourth-order valence-electron chi connectivity index (χ4n) is 1.38. The highest BCUT2D eigenvalue weighted by molar-refractivity contribution is 5.87. The molecule has 2 atom stereocenters. The highest BCUT2D eigenvalue weighted by Gasteiger charge is 2.17. The van der Waals surface area contributed by atoms with Gasteiger partial charge in [-0.25, -0.2) is 4.79 Å². The first-order valence-electron chi connectivity index (χ1n) is 5.08. The molecule has 96 valence electrons. The third-order valence-corrected chi connectivity index (χ3v) is 2.19. The van der Waals surface area contributed by atoms with Gasteiger partial charge in [-0.05, 0) is 23.2 Å². The van der Waals surface area contributed by atoms with Gasteiger partial charge in [-0.1, -0.05) is 17.2 Å². The summed E-state index contributed by atoms with van der Waals surface area (Å²) in [6.07, 6.45) is -2.44. The van der Waals surface area contributed by atoms with Gasteiger partial charge >= 0.3 is 6.03 Å². The van der Waals surface area contributed by atoms with Crippen LogP contribution in [0.5, 0.6) is 0 Å². The molecule has 1 aromatic carbocycles. The van der Waals surface area contributed by atoms with Crippen LogP contribution in [0.2, 0.25) is 0 Å². The molecule has 0 bridgehead atoms. The van der Waals surface area contributed by atoms with Gasteiger partial charge in [-0.2, -0.15) is 0 Å². The van der Waals surface area contributed by atoms with Crippen LogP contribution in [0, 0.1) is 0 Å². The molecule has 2 unspecified atom stereocenters. The third-order valence-electron chi connectivity index (χ3n) is 2.19. The summed E-state index contributed by atoms with van der Waals surface area (Å²) in [5.74, 6) is 0. The Morgan fingerprint density at radius 3 is 2.89 bits per heavy atom. The fraction of sp³-hybridized carbons (Fsp3) is 0.300. The fourth-order valence-corrected chi connectivity index (χ4v) is 1.38. The topological polar surface area (TPSA) is 144 Å². The van der Waals surface area contributed by atoms with Crippen LogP contribution in [0.4, 0.5) is 10.5 Å². The van der Waals surface area contributed by atoms with E-state index >= 15 is 0 Å². The van der Waals surface area contributed by atoms with Crippen molar-refractivity contribution in [1.82, 2.24) is 0 Å². The third kappa shape index (κ3) is 3.95. The summed E-state index contributed by atoms with van der Waals surface area (Å²) >= 11 is 0. The monoisotopic (exact) mass is 251 g/mol. The number of nitrogens with zero attached hydrogens (tertiary/aromatic N) is 3. The molecule has 1 aromatic rings. The van der Waals surface area contributed by atoms with E-state index in [1.165, 1.54) is 6.07 Å². The molecular weight excluding hydrogens is 238 g/mol. The Morgan fingerprint density at radius 1 is 1.56 bits per heavy atom. The summed E-state index contributed by atoms with van der Waals surface area (Å²) in [6.45, 7) is -0.245. The number of urea groups is 1. The number of hydrogen-bond donors (Lipinski definition) is 4. The Morgan fingerprint density at radius 2 is 2.28 bits per heavy atom. The van der Waals surface area contributed by atoms with E-state index in [9.17, 15) is 15.0 Å². The van der Waals surface area contributed by atoms with Gasteiger partial charge in [0.05, 0.1) is 12.6 Å². The second kappa shape index (κ2) is 6.45. The molecule has 1 rings (SSSR count). The standard InChI is InChI=1S/C10H13N5O3/c11-10(18)14-7-3-1-2-6(4-7)9(17)8(16)5-13-15-12/h1-4,8-9,16-17H,5H2,(H3,11,14,18). The van der Waals surface area contributed by atoms with Crippen molar-refractivity contribution in [2.45, 2.75) is 12.2 Å². The Bertz CT molecular complexity index is 472. The molecule has 18 heavy (non-hydrogen) atoms. The van der Waals surface area contributed by atoms with Gasteiger partial charge in [0.2, 0.25) is 0 Å². The number of anilines is 1. The van der Waals surface area contributed by atoms with E-state index in [1.54, 1.807) is 18.2 Å². The lowest BCUT2D eigenvalue weighted by molar-refractivity contribution is 0.0244. The van der Waals surface area contributed by atoms with Crippen molar-refractivity contribution in [2.75, 3.05) is 11.9 Å². The highest BCUT2D eigenvalue weighted by atomic mass is 16.3.